The maximum Gasteiger partial charge on any atom is 6.00 e. The Hall–Kier alpha value is 1.09. The van der Waals surface area contributed by atoms with Gasteiger partial charge in [-0.2, -0.15) is 0 Å². The Bertz CT molecular complexity index is 6.85. The predicted octanol–water partition coefficient (Wildman–Crippen LogP) is -0.361. The van der Waals surface area contributed by atoms with Crippen LogP contribution in [-0.4, -0.2) is 0 Å². The first-order valence-electron chi connectivity index (χ1n) is 0. The maximum atomic E-state index is 0. The molecule has 0 amide bonds. The molecule has 0 unspecified atom stereocenters. The molecule has 3 nitrogen and oxygen atoms in total. The van der Waals surface area contributed by atoms with Gasteiger partial charge in [0.1, 0.15) is 0 Å². The third kappa shape index (κ3) is 41.0. The van der Waals surface area contributed by atoms with Gasteiger partial charge in [-0.15, -0.1) is 0 Å². The summed E-state index contributed by atoms with van der Waals surface area (Å²) in [5.74, 6) is 0. The molecule has 0 bridgehead atoms. The fraction of sp³-hybridized carbons (Fsp3) is 0. The Morgan fingerprint density at radius 3 is 0.600 bits per heavy atom. The summed E-state index contributed by atoms with van der Waals surface area (Å²) in [7, 11) is 0. The molecule has 5 heavy (non-hydrogen) atoms. The summed E-state index contributed by atoms with van der Waals surface area (Å²) < 4.78 is 0. The van der Waals surface area contributed by atoms with Gasteiger partial charge in [-0.25, -0.2) is 0 Å². The van der Waals surface area contributed by atoms with E-state index in [1.54, 1.807) is 0 Å². The van der Waals surface area contributed by atoms with Crippen LogP contribution in [0.25, 0.3) is 0 Å². The van der Waals surface area contributed by atoms with Gasteiger partial charge in [-0.3, -0.25) is 0 Å². The van der Waals surface area contributed by atoms with Crippen LogP contribution in [-0.2, 0) is 54.6 Å². The van der Waals surface area contributed by atoms with Gasteiger partial charge >= 0.3 is 21.1 Å². The average Bonchev–Trinajstić information content (AvgIpc) is 0. The van der Waals surface area contributed by atoms with Crippen molar-refractivity contribution < 1.29 is 54.6 Å². The fourth-order valence-corrected chi connectivity index (χ4v) is 0. The second kappa shape index (κ2) is 71.8. The minimum absolute atomic E-state index is 0. The van der Waals surface area contributed by atoms with E-state index in [0.29, 0.717) is 0 Å². The van der Waals surface area contributed by atoms with Crippen molar-refractivity contribution in [2.24, 2.45) is 0 Å². The van der Waals surface area contributed by atoms with Gasteiger partial charge in [0.25, 0.3) is 0 Å². The molecular weight excluding hydrogens is 199 g/mol. The van der Waals surface area contributed by atoms with Gasteiger partial charge in [-0.1, -0.05) is 0 Å². The SMILES string of the molecule is [Mn].[Mo+6].[O-2].[O-2].[O-2]. The number of hydrogen-bond donors (Lipinski definition) is 0. The normalized spacial score (nSPS) is 0. The van der Waals surface area contributed by atoms with Crippen molar-refractivity contribution in [3.8, 4) is 0 Å². The Labute approximate surface area is 54.8 Å². The van der Waals surface area contributed by atoms with E-state index >= 15 is 0 Å². The topological polar surface area (TPSA) is 85.5 Å². The molecule has 0 saturated carbocycles. The Kier molecular flexibility index (Phi) is 1910. The number of hydrogen-bond acceptors (Lipinski definition) is 0. The van der Waals surface area contributed by atoms with E-state index in [9.17, 15) is 0 Å². The predicted molar refractivity (Wildman–Crippen MR) is 2.06 cm³/mol. The van der Waals surface area contributed by atoms with Crippen molar-refractivity contribution in [3.05, 3.63) is 0 Å². The minimum atomic E-state index is 0. The van der Waals surface area contributed by atoms with Crippen LogP contribution < -0.4 is 0 Å². The van der Waals surface area contributed by atoms with Gasteiger partial charge < -0.3 is 16.4 Å². The fourth-order valence-electron chi connectivity index (χ4n) is 0. The molecule has 1 radical (unpaired) electrons. The van der Waals surface area contributed by atoms with Crippen LogP contribution in [0.1, 0.15) is 0 Å². The zero-order chi connectivity index (χ0) is 0. The van der Waals surface area contributed by atoms with E-state index in [1.807, 2.05) is 0 Å². The first kappa shape index (κ1) is 133. The second-order valence-corrected chi connectivity index (χ2v) is 0. The van der Waals surface area contributed by atoms with Crippen LogP contribution >= 0.6 is 0 Å². The minimum Gasteiger partial charge on any atom is -2.00 e. The van der Waals surface area contributed by atoms with Crippen LogP contribution in [0.15, 0.2) is 0 Å². The Morgan fingerprint density at radius 2 is 0.600 bits per heavy atom. The molecule has 0 spiro atoms. The van der Waals surface area contributed by atoms with E-state index < -0.39 is 0 Å². The molecular formula is MnMoO3. The van der Waals surface area contributed by atoms with Crippen LogP contribution in [0.3, 0.4) is 0 Å². The van der Waals surface area contributed by atoms with Crippen LogP contribution in [0.5, 0.6) is 0 Å². The monoisotopic (exact) mass is 201 g/mol. The standard InChI is InChI=1S/Mn.Mo.3O/q;+6;3*-2. The molecule has 0 aliphatic rings. The smallest absolute Gasteiger partial charge is 2.00 e. The van der Waals surface area contributed by atoms with Gasteiger partial charge in [0.15, 0.2) is 0 Å². The average molecular weight is 199 g/mol. The molecule has 0 aliphatic carbocycles. The Morgan fingerprint density at radius 1 is 0.600 bits per heavy atom. The summed E-state index contributed by atoms with van der Waals surface area (Å²) in [6.07, 6.45) is 0. The summed E-state index contributed by atoms with van der Waals surface area (Å²) in [6.45, 7) is 0. The largest absolute Gasteiger partial charge is 6.00 e. The third-order valence-electron chi connectivity index (χ3n) is 0. The summed E-state index contributed by atoms with van der Waals surface area (Å²) in [6, 6.07) is 0. The van der Waals surface area contributed by atoms with Crippen molar-refractivity contribution in [1.29, 1.82) is 0 Å². The van der Waals surface area contributed by atoms with Crippen molar-refractivity contribution >= 4 is 0 Å². The molecule has 5 heteroatoms. The molecule has 0 heterocycles. The first-order chi connectivity index (χ1) is 0. The van der Waals surface area contributed by atoms with Crippen molar-refractivity contribution in [2.75, 3.05) is 0 Å². The van der Waals surface area contributed by atoms with Gasteiger partial charge in [0.05, 0.1) is 0 Å². The van der Waals surface area contributed by atoms with Crippen LogP contribution in [0, 0.1) is 0 Å². The maximum absolute atomic E-state index is 0. The molecule has 0 aliphatic heterocycles. The van der Waals surface area contributed by atoms with E-state index in [4.69, 9.17) is 0 Å². The Balaban J connectivity index is 0. The third-order valence-corrected chi connectivity index (χ3v) is 0. The second-order valence-electron chi connectivity index (χ2n) is 0. The van der Waals surface area contributed by atoms with Crippen molar-refractivity contribution in [1.82, 2.24) is 0 Å². The first-order valence-corrected chi connectivity index (χ1v) is 0. The van der Waals surface area contributed by atoms with Gasteiger partial charge in [-0.05, 0) is 0 Å². The summed E-state index contributed by atoms with van der Waals surface area (Å²) in [5, 5.41) is 0. The molecule has 0 atom stereocenters. The van der Waals surface area contributed by atoms with Crippen LogP contribution in [0.2, 0.25) is 0 Å². The molecule has 0 aromatic rings. The van der Waals surface area contributed by atoms with E-state index in [-0.39, 0.29) is 54.6 Å². The van der Waals surface area contributed by atoms with Gasteiger partial charge in [0, 0.05) is 17.1 Å². The molecule has 31 valence electrons. The summed E-state index contributed by atoms with van der Waals surface area (Å²) in [4.78, 5) is 0. The van der Waals surface area contributed by atoms with E-state index in [2.05, 4.69) is 0 Å². The summed E-state index contributed by atoms with van der Waals surface area (Å²) >= 11 is 0. The molecule has 0 rings (SSSR count). The van der Waals surface area contributed by atoms with E-state index in [0.717, 1.165) is 0 Å². The quantitative estimate of drug-likeness (QED) is 0.477. The van der Waals surface area contributed by atoms with Crippen molar-refractivity contribution in [3.63, 3.8) is 0 Å². The molecule has 0 saturated heterocycles. The molecule has 0 N–H and O–H groups in total. The number of rotatable bonds is 0. The van der Waals surface area contributed by atoms with Crippen molar-refractivity contribution in [2.45, 2.75) is 0 Å². The zero-order valence-electron chi connectivity index (χ0n) is 2.01. The molecule has 0 aromatic heterocycles. The van der Waals surface area contributed by atoms with E-state index in [1.165, 1.54) is 0 Å². The molecule has 0 fully saturated rings. The summed E-state index contributed by atoms with van der Waals surface area (Å²) in [5.41, 5.74) is 0. The molecule has 0 aromatic carbocycles. The van der Waals surface area contributed by atoms with Gasteiger partial charge in [0.2, 0.25) is 0 Å². The van der Waals surface area contributed by atoms with Crippen LogP contribution in [0.4, 0.5) is 0 Å². The zero-order valence-corrected chi connectivity index (χ0v) is 5.20.